The molecule has 2 aromatic carbocycles. The standard InChI is InChI=1S/C18H18N2O3/c21-17(9-6-13-4-2-1-3-5-13)19-14-7-8-16-15(12-14)20-18(22)10-11-23-16/h1-5,7-8,12H,6,9-11H2,(H,19,21)(H,20,22). The van der Waals surface area contributed by atoms with Gasteiger partial charge in [-0.25, -0.2) is 0 Å². The molecule has 2 amide bonds. The van der Waals surface area contributed by atoms with E-state index in [1.807, 2.05) is 30.3 Å². The minimum atomic E-state index is -0.0868. The van der Waals surface area contributed by atoms with Crippen LogP contribution in [-0.2, 0) is 16.0 Å². The number of ether oxygens (including phenoxy) is 1. The first kappa shape index (κ1) is 15.1. The summed E-state index contributed by atoms with van der Waals surface area (Å²) in [6.07, 6.45) is 1.43. The summed E-state index contributed by atoms with van der Waals surface area (Å²) in [5, 5.41) is 5.63. The normalized spacial score (nSPS) is 13.3. The van der Waals surface area contributed by atoms with Gasteiger partial charge in [-0.15, -0.1) is 0 Å². The molecule has 0 saturated heterocycles. The number of fused-ring (bicyclic) bond motifs is 1. The van der Waals surface area contributed by atoms with Crippen molar-refractivity contribution in [1.82, 2.24) is 0 Å². The molecule has 5 nitrogen and oxygen atoms in total. The first-order valence-corrected chi connectivity index (χ1v) is 7.61. The molecule has 2 aromatic rings. The Labute approximate surface area is 134 Å². The maximum absolute atomic E-state index is 12.1. The van der Waals surface area contributed by atoms with Gasteiger partial charge in [-0.05, 0) is 30.2 Å². The topological polar surface area (TPSA) is 67.4 Å². The van der Waals surface area contributed by atoms with Crippen LogP contribution in [0.2, 0.25) is 0 Å². The third-order valence-corrected chi connectivity index (χ3v) is 3.61. The summed E-state index contributed by atoms with van der Waals surface area (Å²) < 4.78 is 5.49. The SMILES string of the molecule is O=C(CCc1ccccc1)Nc1ccc2c(c1)NC(=O)CCO2. The van der Waals surface area contributed by atoms with Gasteiger partial charge in [-0.2, -0.15) is 0 Å². The summed E-state index contributed by atoms with van der Waals surface area (Å²) in [6.45, 7) is 0.363. The predicted octanol–water partition coefficient (Wildman–Crippen LogP) is 2.98. The van der Waals surface area contributed by atoms with Crippen LogP contribution >= 0.6 is 0 Å². The molecule has 1 aliphatic heterocycles. The van der Waals surface area contributed by atoms with Crippen molar-refractivity contribution in [3.63, 3.8) is 0 Å². The van der Waals surface area contributed by atoms with Crippen LogP contribution in [0.25, 0.3) is 0 Å². The number of hydrogen-bond acceptors (Lipinski definition) is 3. The monoisotopic (exact) mass is 310 g/mol. The van der Waals surface area contributed by atoms with Gasteiger partial charge in [0.15, 0.2) is 0 Å². The van der Waals surface area contributed by atoms with Crippen molar-refractivity contribution in [2.75, 3.05) is 17.2 Å². The fourth-order valence-electron chi connectivity index (χ4n) is 2.42. The Morgan fingerprint density at radius 2 is 2.00 bits per heavy atom. The average molecular weight is 310 g/mol. The molecule has 0 unspecified atom stereocenters. The molecular weight excluding hydrogens is 292 g/mol. The summed E-state index contributed by atoms with van der Waals surface area (Å²) in [5.41, 5.74) is 2.37. The van der Waals surface area contributed by atoms with E-state index in [1.165, 1.54) is 0 Å². The van der Waals surface area contributed by atoms with Crippen LogP contribution in [0.4, 0.5) is 11.4 Å². The molecule has 0 spiro atoms. The zero-order valence-corrected chi connectivity index (χ0v) is 12.7. The van der Waals surface area contributed by atoms with Crippen LogP contribution in [0.1, 0.15) is 18.4 Å². The molecule has 0 radical (unpaired) electrons. The molecule has 23 heavy (non-hydrogen) atoms. The molecule has 118 valence electrons. The Hall–Kier alpha value is -2.82. The molecule has 1 heterocycles. The summed E-state index contributed by atoms with van der Waals surface area (Å²) >= 11 is 0. The second-order valence-electron chi connectivity index (χ2n) is 5.39. The zero-order valence-electron chi connectivity index (χ0n) is 12.7. The van der Waals surface area contributed by atoms with E-state index in [9.17, 15) is 9.59 Å². The van der Waals surface area contributed by atoms with Crippen molar-refractivity contribution in [2.24, 2.45) is 0 Å². The van der Waals surface area contributed by atoms with Gasteiger partial charge in [-0.3, -0.25) is 9.59 Å². The van der Waals surface area contributed by atoms with Gasteiger partial charge >= 0.3 is 0 Å². The fourth-order valence-corrected chi connectivity index (χ4v) is 2.42. The molecular formula is C18H18N2O3. The molecule has 0 atom stereocenters. The van der Waals surface area contributed by atoms with Crippen molar-refractivity contribution in [1.29, 1.82) is 0 Å². The number of nitrogens with one attached hydrogen (secondary N) is 2. The second kappa shape index (κ2) is 6.96. The highest BCUT2D eigenvalue weighted by Gasteiger charge is 2.14. The Morgan fingerprint density at radius 1 is 1.17 bits per heavy atom. The lowest BCUT2D eigenvalue weighted by atomic mass is 10.1. The number of anilines is 2. The van der Waals surface area contributed by atoms with Crippen molar-refractivity contribution < 1.29 is 14.3 Å². The van der Waals surface area contributed by atoms with E-state index in [2.05, 4.69) is 10.6 Å². The molecule has 0 aromatic heterocycles. The van der Waals surface area contributed by atoms with Crippen LogP contribution in [0.15, 0.2) is 48.5 Å². The Balaban J connectivity index is 1.61. The maximum Gasteiger partial charge on any atom is 0.227 e. The van der Waals surface area contributed by atoms with Crippen LogP contribution < -0.4 is 15.4 Å². The van der Waals surface area contributed by atoms with E-state index >= 15 is 0 Å². The summed E-state index contributed by atoms with van der Waals surface area (Å²) in [6, 6.07) is 15.1. The lowest BCUT2D eigenvalue weighted by molar-refractivity contribution is -0.117. The number of benzene rings is 2. The highest BCUT2D eigenvalue weighted by atomic mass is 16.5. The van der Waals surface area contributed by atoms with Gasteiger partial charge in [0.1, 0.15) is 5.75 Å². The van der Waals surface area contributed by atoms with E-state index in [0.717, 1.165) is 5.56 Å². The third-order valence-electron chi connectivity index (χ3n) is 3.61. The lowest BCUT2D eigenvalue weighted by Crippen LogP contribution is -2.13. The molecule has 1 aliphatic rings. The summed E-state index contributed by atoms with van der Waals surface area (Å²) in [5.74, 6) is 0.476. The summed E-state index contributed by atoms with van der Waals surface area (Å²) in [7, 11) is 0. The molecule has 3 rings (SSSR count). The number of aryl methyl sites for hydroxylation is 1. The number of hydrogen-bond donors (Lipinski definition) is 2. The van der Waals surface area contributed by atoms with Gasteiger partial charge in [0.05, 0.1) is 18.7 Å². The molecule has 2 N–H and O–H groups in total. The van der Waals surface area contributed by atoms with Crippen LogP contribution in [0, 0.1) is 0 Å². The van der Waals surface area contributed by atoms with E-state index in [-0.39, 0.29) is 11.8 Å². The Morgan fingerprint density at radius 3 is 2.83 bits per heavy atom. The summed E-state index contributed by atoms with van der Waals surface area (Å²) in [4.78, 5) is 23.6. The second-order valence-corrected chi connectivity index (χ2v) is 5.39. The van der Waals surface area contributed by atoms with Crippen LogP contribution in [-0.4, -0.2) is 18.4 Å². The number of amides is 2. The number of carbonyl (C=O) groups excluding carboxylic acids is 2. The Bertz CT molecular complexity index is 713. The average Bonchev–Trinajstić information content (AvgIpc) is 2.74. The number of rotatable bonds is 4. The molecule has 5 heteroatoms. The van der Waals surface area contributed by atoms with Gasteiger partial charge in [-0.1, -0.05) is 30.3 Å². The third kappa shape index (κ3) is 4.10. The van der Waals surface area contributed by atoms with E-state index in [0.29, 0.717) is 43.0 Å². The molecule has 0 aliphatic carbocycles. The van der Waals surface area contributed by atoms with Gasteiger partial charge < -0.3 is 15.4 Å². The van der Waals surface area contributed by atoms with Gasteiger partial charge in [0.2, 0.25) is 11.8 Å². The lowest BCUT2D eigenvalue weighted by Gasteiger charge is -2.10. The van der Waals surface area contributed by atoms with Crippen molar-refractivity contribution in [3.05, 3.63) is 54.1 Å². The highest BCUT2D eigenvalue weighted by Crippen LogP contribution is 2.30. The minimum Gasteiger partial charge on any atom is -0.491 e. The van der Waals surface area contributed by atoms with Gasteiger partial charge in [0.25, 0.3) is 0 Å². The van der Waals surface area contributed by atoms with Crippen molar-refractivity contribution >= 4 is 23.2 Å². The fraction of sp³-hybridized carbons (Fsp3) is 0.222. The quantitative estimate of drug-likeness (QED) is 0.912. The van der Waals surface area contributed by atoms with Gasteiger partial charge in [0, 0.05) is 12.1 Å². The van der Waals surface area contributed by atoms with E-state index < -0.39 is 0 Å². The maximum atomic E-state index is 12.1. The smallest absolute Gasteiger partial charge is 0.227 e. The van der Waals surface area contributed by atoms with E-state index in [1.54, 1.807) is 18.2 Å². The number of carbonyl (C=O) groups is 2. The first-order chi connectivity index (χ1) is 11.2. The largest absolute Gasteiger partial charge is 0.491 e. The first-order valence-electron chi connectivity index (χ1n) is 7.61. The zero-order chi connectivity index (χ0) is 16.1. The molecule has 0 saturated carbocycles. The van der Waals surface area contributed by atoms with Crippen LogP contribution in [0.3, 0.4) is 0 Å². The van der Waals surface area contributed by atoms with E-state index in [4.69, 9.17) is 4.74 Å². The Kier molecular flexibility index (Phi) is 4.57. The van der Waals surface area contributed by atoms with Crippen LogP contribution in [0.5, 0.6) is 5.75 Å². The minimum absolute atomic E-state index is 0.0605. The van der Waals surface area contributed by atoms with Crippen molar-refractivity contribution in [3.8, 4) is 5.75 Å². The predicted molar refractivity (Wildman–Crippen MR) is 88.6 cm³/mol. The van der Waals surface area contributed by atoms with Crippen molar-refractivity contribution in [2.45, 2.75) is 19.3 Å². The highest BCUT2D eigenvalue weighted by molar-refractivity contribution is 5.96. The molecule has 0 fully saturated rings. The molecule has 0 bridgehead atoms.